The summed E-state index contributed by atoms with van der Waals surface area (Å²) in [4.78, 5) is 8.43. The molecule has 6 heteroatoms. The van der Waals surface area contributed by atoms with Crippen LogP contribution in [0.2, 0.25) is 0 Å². The fraction of sp³-hybridized carbons (Fsp3) is 0.583. The highest BCUT2D eigenvalue weighted by molar-refractivity contribution is 5.44. The second kappa shape index (κ2) is 4.89. The lowest BCUT2D eigenvalue weighted by molar-refractivity contribution is 0.573. The van der Waals surface area contributed by atoms with Crippen molar-refractivity contribution in [3.05, 3.63) is 18.1 Å². The van der Waals surface area contributed by atoms with E-state index >= 15 is 0 Å². The predicted molar refractivity (Wildman–Crippen MR) is 69.7 cm³/mol. The van der Waals surface area contributed by atoms with Crippen molar-refractivity contribution < 1.29 is 0 Å². The molecule has 1 saturated heterocycles. The van der Waals surface area contributed by atoms with Crippen molar-refractivity contribution in [3.8, 4) is 0 Å². The van der Waals surface area contributed by atoms with Crippen molar-refractivity contribution in [2.24, 2.45) is 0 Å². The molecule has 0 aliphatic carbocycles. The predicted octanol–water partition coefficient (Wildman–Crippen LogP) is 0.987. The average molecular weight is 246 g/mol. The van der Waals surface area contributed by atoms with Crippen LogP contribution in [0, 0.1) is 6.92 Å². The molecule has 3 heterocycles. The molecule has 1 aliphatic heterocycles. The maximum Gasteiger partial charge on any atom is 0.254 e. The highest BCUT2D eigenvalue weighted by Crippen LogP contribution is 2.12. The number of rotatable bonds is 4. The zero-order valence-corrected chi connectivity index (χ0v) is 10.6. The summed E-state index contributed by atoms with van der Waals surface area (Å²) in [7, 11) is 0. The van der Waals surface area contributed by atoms with Crippen molar-refractivity contribution in [3.63, 3.8) is 0 Å². The molecule has 18 heavy (non-hydrogen) atoms. The van der Waals surface area contributed by atoms with Gasteiger partial charge in [-0.1, -0.05) is 0 Å². The quantitative estimate of drug-likeness (QED) is 0.842. The van der Waals surface area contributed by atoms with E-state index in [2.05, 4.69) is 25.7 Å². The summed E-state index contributed by atoms with van der Waals surface area (Å²) < 4.78 is 1.75. The minimum atomic E-state index is 0.650. The van der Waals surface area contributed by atoms with Gasteiger partial charge in [0.15, 0.2) is 0 Å². The van der Waals surface area contributed by atoms with E-state index in [9.17, 15) is 0 Å². The van der Waals surface area contributed by atoms with Crippen LogP contribution < -0.4 is 10.6 Å². The van der Waals surface area contributed by atoms with Crippen LogP contribution in [0.4, 0.5) is 5.82 Å². The number of nitrogens with one attached hydrogen (secondary N) is 2. The summed E-state index contributed by atoms with van der Waals surface area (Å²) in [5.41, 5.74) is 0.956. The minimum Gasteiger partial charge on any atom is -0.370 e. The molecule has 0 saturated carbocycles. The topological polar surface area (TPSA) is 67.1 Å². The van der Waals surface area contributed by atoms with Crippen LogP contribution in [0.1, 0.15) is 25.0 Å². The zero-order chi connectivity index (χ0) is 12.4. The molecule has 0 spiro atoms. The smallest absolute Gasteiger partial charge is 0.254 e. The van der Waals surface area contributed by atoms with E-state index in [1.54, 1.807) is 4.52 Å². The summed E-state index contributed by atoms with van der Waals surface area (Å²) in [6, 6.07) is 2.66. The van der Waals surface area contributed by atoms with E-state index in [4.69, 9.17) is 0 Å². The monoisotopic (exact) mass is 246 g/mol. The maximum absolute atomic E-state index is 4.32. The molecule has 0 radical (unpaired) electrons. The molecule has 1 aliphatic rings. The summed E-state index contributed by atoms with van der Waals surface area (Å²) in [6.07, 6.45) is 5.26. The first kappa shape index (κ1) is 11.4. The van der Waals surface area contributed by atoms with Gasteiger partial charge in [-0.2, -0.15) is 14.6 Å². The maximum atomic E-state index is 4.32. The summed E-state index contributed by atoms with van der Waals surface area (Å²) in [5.74, 6) is 1.62. The molecule has 2 aromatic rings. The molecule has 3 rings (SSSR count). The molecule has 1 atom stereocenters. The molecule has 6 nitrogen and oxygen atoms in total. The van der Waals surface area contributed by atoms with Crippen molar-refractivity contribution in [1.29, 1.82) is 0 Å². The summed E-state index contributed by atoms with van der Waals surface area (Å²) in [6.45, 7) is 4.07. The second-order valence-corrected chi connectivity index (χ2v) is 4.76. The number of hydrogen-bond acceptors (Lipinski definition) is 5. The van der Waals surface area contributed by atoms with Crippen LogP contribution >= 0.6 is 0 Å². The van der Waals surface area contributed by atoms with Gasteiger partial charge in [-0.25, -0.2) is 4.98 Å². The van der Waals surface area contributed by atoms with Crippen molar-refractivity contribution in [1.82, 2.24) is 24.9 Å². The van der Waals surface area contributed by atoms with E-state index in [1.165, 1.54) is 19.2 Å². The van der Waals surface area contributed by atoms with E-state index in [0.717, 1.165) is 31.0 Å². The molecule has 0 amide bonds. The Hall–Kier alpha value is -1.69. The fourth-order valence-electron chi connectivity index (χ4n) is 2.43. The first-order valence-electron chi connectivity index (χ1n) is 6.47. The molecular formula is C12H18N6. The Labute approximate surface area is 106 Å². The van der Waals surface area contributed by atoms with Gasteiger partial charge in [0.25, 0.3) is 5.78 Å². The Morgan fingerprint density at radius 3 is 3.33 bits per heavy atom. The second-order valence-electron chi connectivity index (χ2n) is 4.76. The lowest BCUT2D eigenvalue weighted by Gasteiger charge is -2.12. The molecule has 0 unspecified atom stereocenters. The van der Waals surface area contributed by atoms with Gasteiger partial charge in [0.1, 0.15) is 12.1 Å². The zero-order valence-electron chi connectivity index (χ0n) is 10.6. The molecule has 1 fully saturated rings. The van der Waals surface area contributed by atoms with Crippen LogP contribution in [0.25, 0.3) is 5.78 Å². The highest BCUT2D eigenvalue weighted by Gasteiger charge is 2.13. The van der Waals surface area contributed by atoms with E-state index in [0.29, 0.717) is 11.8 Å². The van der Waals surface area contributed by atoms with Crippen LogP contribution in [0.15, 0.2) is 12.4 Å². The van der Waals surface area contributed by atoms with Gasteiger partial charge in [-0.05, 0) is 32.7 Å². The lowest BCUT2D eigenvalue weighted by Crippen LogP contribution is -2.24. The van der Waals surface area contributed by atoms with Gasteiger partial charge in [0, 0.05) is 24.3 Å². The summed E-state index contributed by atoms with van der Waals surface area (Å²) >= 11 is 0. The number of anilines is 1. The first-order valence-corrected chi connectivity index (χ1v) is 6.47. The van der Waals surface area contributed by atoms with Crippen LogP contribution in [-0.4, -0.2) is 38.7 Å². The Morgan fingerprint density at radius 2 is 2.50 bits per heavy atom. The minimum absolute atomic E-state index is 0.650. The molecule has 96 valence electrons. The Bertz CT molecular complexity index is 528. The average Bonchev–Trinajstić information content (AvgIpc) is 2.98. The van der Waals surface area contributed by atoms with Gasteiger partial charge in [0.05, 0.1) is 0 Å². The number of aromatic nitrogens is 4. The molecule has 2 N–H and O–H groups in total. The molecule has 2 aromatic heterocycles. The number of nitrogens with zero attached hydrogens (tertiary/aromatic N) is 4. The Balaban J connectivity index is 1.67. The largest absolute Gasteiger partial charge is 0.370 e. The third-order valence-electron chi connectivity index (χ3n) is 3.34. The van der Waals surface area contributed by atoms with Gasteiger partial charge >= 0.3 is 0 Å². The summed E-state index contributed by atoms with van der Waals surface area (Å²) in [5, 5.41) is 11.1. The fourth-order valence-corrected chi connectivity index (χ4v) is 2.43. The van der Waals surface area contributed by atoms with E-state index in [-0.39, 0.29) is 0 Å². The molecule has 0 bridgehead atoms. The third kappa shape index (κ3) is 2.28. The van der Waals surface area contributed by atoms with Gasteiger partial charge in [0.2, 0.25) is 0 Å². The number of fused-ring (bicyclic) bond motifs is 1. The highest BCUT2D eigenvalue weighted by atomic mass is 15.3. The molecule has 0 aromatic carbocycles. The Morgan fingerprint density at radius 1 is 1.56 bits per heavy atom. The third-order valence-corrected chi connectivity index (χ3v) is 3.34. The van der Waals surface area contributed by atoms with Crippen LogP contribution in [0.5, 0.6) is 0 Å². The van der Waals surface area contributed by atoms with E-state index in [1.807, 2.05) is 13.0 Å². The standard InChI is InChI=1S/C12H18N6/c1-9-7-11(18-12(17-9)15-8-16-18)14-6-4-10-3-2-5-13-10/h7-8,10,13-14H,2-6H2,1H3/t10-/m1/s1. The van der Waals surface area contributed by atoms with Gasteiger partial charge in [-0.3, -0.25) is 0 Å². The number of hydrogen-bond donors (Lipinski definition) is 2. The van der Waals surface area contributed by atoms with Crippen molar-refractivity contribution in [2.75, 3.05) is 18.4 Å². The van der Waals surface area contributed by atoms with E-state index < -0.39 is 0 Å². The van der Waals surface area contributed by atoms with Crippen molar-refractivity contribution >= 4 is 11.6 Å². The molecular weight excluding hydrogens is 228 g/mol. The van der Waals surface area contributed by atoms with Crippen LogP contribution in [0.3, 0.4) is 0 Å². The van der Waals surface area contributed by atoms with Crippen molar-refractivity contribution in [2.45, 2.75) is 32.2 Å². The van der Waals surface area contributed by atoms with Crippen LogP contribution in [-0.2, 0) is 0 Å². The Kier molecular flexibility index (Phi) is 3.10. The van der Waals surface area contributed by atoms with Gasteiger partial charge in [-0.15, -0.1) is 0 Å². The SMILES string of the molecule is Cc1cc(NCC[C@H]2CCCN2)n2ncnc2n1. The number of aryl methyl sites for hydroxylation is 1. The lowest BCUT2D eigenvalue weighted by atomic mass is 10.1. The van der Waals surface area contributed by atoms with Gasteiger partial charge < -0.3 is 10.6 Å². The first-order chi connectivity index (χ1) is 8.83. The normalized spacial score (nSPS) is 19.5.